The van der Waals surface area contributed by atoms with Crippen LogP contribution in [0.1, 0.15) is 22.5 Å². The first-order valence-electron chi connectivity index (χ1n) is 8.81. The molecule has 0 unspecified atom stereocenters. The number of nitrogens with zero attached hydrogens (tertiary/aromatic N) is 3. The van der Waals surface area contributed by atoms with Crippen LogP contribution < -0.4 is 10.6 Å². The second kappa shape index (κ2) is 8.29. The Kier molecular flexibility index (Phi) is 5.85. The molecule has 0 radical (unpaired) electrons. The molecule has 0 bridgehead atoms. The largest absolute Gasteiger partial charge is 0.504 e. The molecular formula is C18H24FN5O2. The van der Waals surface area contributed by atoms with Crippen LogP contribution in [0.2, 0.25) is 0 Å². The summed E-state index contributed by atoms with van der Waals surface area (Å²) in [4.78, 5) is 14.6. The number of aromatic nitrogens is 2. The summed E-state index contributed by atoms with van der Waals surface area (Å²) >= 11 is 0. The molecule has 140 valence electrons. The molecule has 1 aliphatic heterocycles. The molecule has 26 heavy (non-hydrogen) atoms. The molecule has 1 amide bonds. The van der Waals surface area contributed by atoms with Crippen LogP contribution in [0, 0.1) is 12.7 Å². The van der Waals surface area contributed by atoms with E-state index in [0.717, 1.165) is 39.1 Å². The van der Waals surface area contributed by atoms with Gasteiger partial charge >= 0.3 is 0 Å². The molecule has 7 nitrogen and oxygen atoms in total. The van der Waals surface area contributed by atoms with Crippen LogP contribution in [-0.4, -0.2) is 65.0 Å². The lowest BCUT2D eigenvalue weighted by Crippen LogP contribution is -2.44. The molecule has 1 saturated heterocycles. The van der Waals surface area contributed by atoms with Crippen molar-refractivity contribution in [2.75, 3.05) is 39.3 Å². The lowest BCUT2D eigenvalue weighted by molar-refractivity contribution is 0.0943. The molecule has 0 saturated carbocycles. The zero-order chi connectivity index (χ0) is 18.5. The van der Waals surface area contributed by atoms with Crippen molar-refractivity contribution >= 4 is 5.91 Å². The van der Waals surface area contributed by atoms with E-state index in [-0.39, 0.29) is 17.3 Å². The van der Waals surface area contributed by atoms with Gasteiger partial charge in [-0.05, 0) is 43.7 Å². The van der Waals surface area contributed by atoms with Gasteiger partial charge in [0.25, 0.3) is 5.91 Å². The molecule has 1 aliphatic rings. The molecule has 1 aromatic carbocycles. The van der Waals surface area contributed by atoms with E-state index in [1.807, 2.05) is 0 Å². The van der Waals surface area contributed by atoms with E-state index >= 15 is 0 Å². The summed E-state index contributed by atoms with van der Waals surface area (Å²) in [5, 5.41) is 20.3. The average molecular weight is 361 g/mol. The van der Waals surface area contributed by atoms with E-state index < -0.39 is 5.91 Å². The van der Waals surface area contributed by atoms with Gasteiger partial charge in [-0.2, -0.15) is 5.10 Å². The summed E-state index contributed by atoms with van der Waals surface area (Å²) in [6, 6.07) is 4.26. The molecular weight excluding hydrogens is 337 g/mol. The van der Waals surface area contributed by atoms with E-state index in [1.165, 1.54) is 23.0 Å². The molecule has 8 heteroatoms. The Labute approximate surface area is 151 Å². The molecule has 1 aromatic heterocycles. The molecule has 1 fully saturated rings. The van der Waals surface area contributed by atoms with Crippen LogP contribution in [-0.2, 0) is 0 Å². The highest BCUT2D eigenvalue weighted by Crippen LogP contribution is 2.20. The normalized spacial score (nSPS) is 15.2. The van der Waals surface area contributed by atoms with Crippen LogP contribution in [0.3, 0.4) is 0 Å². The minimum atomic E-state index is -0.415. The topological polar surface area (TPSA) is 82.4 Å². The van der Waals surface area contributed by atoms with Crippen molar-refractivity contribution in [2.24, 2.45) is 0 Å². The van der Waals surface area contributed by atoms with Crippen molar-refractivity contribution in [2.45, 2.75) is 13.3 Å². The fourth-order valence-corrected chi connectivity index (χ4v) is 3.05. The number of piperazine rings is 1. The van der Waals surface area contributed by atoms with Gasteiger partial charge < -0.3 is 20.6 Å². The van der Waals surface area contributed by atoms with Gasteiger partial charge in [0.15, 0.2) is 11.4 Å². The van der Waals surface area contributed by atoms with Crippen molar-refractivity contribution in [3.05, 3.63) is 41.5 Å². The number of rotatable bonds is 6. The second-order valence-electron chi connectivity index (χ2n) is 6.44. The van der Waals surface area contributed by atoms with E-state index in [0.29, 0.717) is 17.8 Å². The summed E-state index contributed by atoms with van der Waals surface area (Å²) in [5.74, 6) is -0.959. The molecule has 0 spiro atoms. The maximum Gasteiger partial charge on any atom is 0.275 e. The molecule has 2 aromatic rings. The highest BCUT2D eigenvalue weighted by Gasteiger charge is 2.18. The van der Waals surface area contributed by atoms with Crippen LogP contribution in [0.15, 0.2) is 24.4 Å². The average Bonchev–Trinajstić information content (AvgIpc) is 3.01. The first-order valence-corrected chi connectivity index (χ1v) is 8.81. The van der Waals surface area contributed by atoms with Crippen molar-refractivity contribution in [3.8, 4) is 11.4 Å². The summed E-state index contributed by atoms with van der Waals surface area (Å²) in [6.45, 7) is 7.24. The maximum atomic E-state index is 13.2. The van der Waals surface area contributed by atoms with Gasteiger partial charge in [-0.15, -0.1) is 0 Å². The lowest BCUT2D eigenvalue weighted by atomic mass is 10.2. The number of nitrogens with one attached hydrogen (secondary N) is 2. The molecule has 3 N–H and O–H groups in total. The number of aromatic hydroxyl groups is 1. The van der Waals surface area contributed by atoms with Gasteiger partial charge in [-0.25, -0.2) is 9.07 Å². The van der Waals surface area contributed by atoms with Crippen molar-refractivity contribution in [1.82, 2.24) is 25.3 Å². The molecule has 0 atom stereocenters. The standard InChI is InChI=1S/C18H24FN5O2/c1-13-11-14(19)3-4-15(13)24-12-16(25)17(22-24)18(26)21-5-2-8-23-9-6-20-7-10-23/h3-4,11-12,20,25H,2,5-10H2,1H3,(H,21,26). The SMILES string of the molecule is Cc1cc(F)ccc1-n1cc(O)c(C(=O)NCCCN2CCNCC2)n1. The number of halogens is 1. The van der Waals surface area contributed by atoms with Crippen LogP contribution >= 0.6 is 0 Å². The van der Waals surface area contributed by atoms with Gasteiger partial charge in [0, 0.05) is 32.7 Å². The van der Waals surface area contributed by atoms with Crippen LogP contribution in [0.25, 0.3) is 5.69 Å². The third-order valence-corrected chi connectivity index (χ3v) is 4.46. The third-order valence-electron chi connectivity index (χ3n) is 4.46. The fraction of sp³-hybridized carbons (Fsp3) is 0.444. The van der Waals surface area contributed by atoms with Gasteiger partial charge in [-0.1, -0.05) is 0 Å². The molecule has 0 aliphatic carbocycles. The Hall–Kier alpha value is -2.45. The predicted molar refractivity (Wildman–Crippen MR) is 96.2 cm³/mol. The van der Waals surface area contributed by atoms with Gasteiger partial charge in [0.1, 0.15) is 5.82 Å². The maximum absolute atomic E-state index is 13.2. The van der Waals surface area contributed by atoms with Crippen molar-refractivity contribution in [3.63, 3.8) is 0 Å². The van der Waals surface area contributed by atoms with Gasteiger partial charge in [-0.3, -0.25) is 4.79 Å². The van der Waals surface area contributed by atoms with Gasteiger partial charge in [0.05, 0.1) is 11.9 Å². The Morgan fingerprint density at radius 1 is 1.38 bits per heavy atom. The predicted octanol–water partition coefficient (Wildman–Crippen LogP) is 1.05. The minimum absolute atomic E-state index is 0.0316. The Morgan fingerprint density at radius 3 is 2.88 bits per heavy atom. The van der Waals surface area contributed by atoms with E-state index in [4.69, 9.17) is 0 Å². The summed E-state index contributed by atoms with van der Waals surface area (Å²) in [6.07, 6.45) is 2.19. The number of hydrogen-bond donors (Lipinski definition) is 3. The number of benzene rings is 1. The minimum Gasteiger partial charge on any atom is -0.504 e. The quantitative estimate of drug-likeness (QED) is 0.670. The smallest absolute Gasteiger partial charge is 0.275 e. The van der Waals surface area contributed by atoms with Crippen LogP contribution in [0.5, 0.6) is 5.75 Å². The number of amides is 1. The Balaban J connectivity index is 1.57. The summed E-state index contributed by atoms with van der Waals surface area (Å²) in [7, 11) is 0. The van der Waals surface area contributed by atoms with E-state index in [1.54, 1.807) is 13.0 Å². The number of carbonyl (C=O) groups excluding carboxylic acids is 1. The molecule has 3 rings (SSSR count). The Bertz CT molecular complexity index is 771. The summed E-state index contributed by atoms with van der Waals surface area (Å²) in [5.41, 5.74) is 1.24. The third kappa shape index (κ3) is 4.39. The fourth-order valence-electron chi connectivity index (χ4n) is 3.05. The summed E-state index contributed by atoms with van der Waals surface area (Å²) < 4.78 is 14.6. The first kappa shape index (κ1) is 18.3. The second-order valence-corrected chi connectivity index (χ2v) is 6.44. The highest BCUT2D eigenvalue weighted by atomic mass is 19.1. The number of hydrogen-bond acceptors (Lipinski definition) is 5. The lowest BCUT2D eigenvalue weighted by Gasteiger charge is -2.26. The van der Waals surface area contributed by atoms with E-state index in [9.17, 15) is 14.3 Å². The number of carbonyl (C=O) groups is 1. The van der Waals surface area contributed by atoms with Crippen molar-refractivity contribution < 1.29 is 14.3 Å². The monoisotopic (exact) mass is 361 g/mol. The molecule has 2 heterocycles. The van der Waals surface area contributed by atoms with Crippen molar-refractivity contribution in [1.29, 1.82) is 0 Å². The zero-order valence-electron chi connectivity index (χ0n) is 14.8. The Morgan fingerprint density at radius 2 is 2.15 bits per heavy atom. The highest BCUT2D eigenvalue weighted by molar-refractivity contribution is 5.94. The number of aryl methyl sites for hydroxylation is 1. The van der Waals surface area contributed by atoms with E-state index in [2.05, 4.69) is 20.6 Å². The van der Waals surface area contributed by atoms with Gasteiger partial charge in [0.2, 0.25) is 0 Å². The zero-order valence-corrected chi connectivity index (χ0v) is 14.8. The first-order chi connectivity index (χ1) is 12.5. The van der Waals surface area contributed by atoms with Crippen LogP contribution in [0.4, 0.5) is 4.39 Å².